The van der Waals surface area contributed by atoms with Gasteiger partial charge in [0.15, 0.2) is 0 Å². The van der Waals surface area contributed by atoms with E-state index in [1.807, 2.05) is 59.2 Å². The number of para-hydroxylation sites is 1. The van der Waals surface area contributed by atoms with Gasteiger partial charge in [0, 0.05) is 42.4 Å². The maximum Gasteiger partial charge on any atom is 0.270 e. The van der Waals surface area contributed by atoms with Gasteiger partial charge in [-0.05, 0) is 84.3 Å². The monoisotopic (exact) mass is 580 g/mol. The average molecular weight is 581 g/mol. The van der Waals surface area contributed by atoms with Gasteiger partial charge in [-0.3, -0.25) is 14.6 Å². The van der Waals surface area contributed by atoms with Crippen LogP contribution >= 0.6 is 11.6 Å². The minimum absolute atomic E-state index is 0.0941. The molecule has 0 N–H and O–H groups in total. The highest BCUT2D eigenvalue weighted by Crippen LogP contribution is 2.38. The third kappa shape index (κ3) is 5.32. The molecule has 2 aromatic carbocycles. The molecule has 0 radical (unpaired) electrons. The second kappa shape index (κ2) is 11.9. The van der Waals surface area contributed by atoms with Crippen molar-refractivity contribution in [1.29, 1.82) is 0 Å². The first kappa shape index (κ1) is 27.8. The predicted octanol–water partition coefficient (Wildman–Crippen LogP) is 6.98. The molecular weight excluding hydrogens is 548 g/mol. The molecule has 0 atom stereocenters. The second-order valence-electron chi connectivity index (χ2n) is 10.8. The van der Waals surface area contributed by atoms with E-state index in [4.69, 9.17) is 16.3 Å². The summed E-state index contributed by atoms with van der Waals surface area (Å²) >= 11 is 6.80. The lowest BCUT2D eigenvalue weighted by atomic mass is 9.92. The quantitative estimate of drug-likeness (QED) is 0.247. The van der Waals surface area contributed by atoms with Gasteiger partial charge in [-0.15, -0.1) is 0 Å². The van der Waals surface area contributed by atoms with Crippen molar-refractivity contribution in [2.45, 2.75) is 45.3 Å². The van der Waals surface area contributed by atoms with E-state index in [0.717, 1.165) is 47.3 Å². The number of hydrogen-bond acceptors (Lipinski definition) is 4. The highest BCUT2D eigenvalue weighted by atomic mass is 35.5. The molecule has 2 aliphatic rings. The smallest absolute Gasteiger partial charge is 0.270 e. The fourth-order valence-corrected chi connectivity index (χ4v) is 6.21. The molecule has 0 saturated carbocycles. The molecule has 0 spiro atoms. The van der Waals surface area contributed by atoms with Crippen LogP contribution in [0.25, 0.3) is 5.57 Å². The zero-order chi connectivity index (χ0) is 29.2. The topological polar surface area (TPSA) is 67.7 Å². The predicted molar refractivity (Wildman–Crippen MR) is 165 cm³/mol. The zero-order valence-electron chi connectivity index (χ0n) is 23.8. The Balaban J connectivity index is 1.34. The fraction of sp³-hybridized carbons (Fsp3) is 0.265. The number of pyridine rings is 1. The van der Waals surface area contributed by atoms with Crippen LogP contribution < -0.4 is 9.64 Å². The number of nitrogens with zero attached hydrogens (tertiary/aromatic N) is 4. The molecule has 8 heteroatoms. The van der Waals surface area contributed by atoms with Crippen LogP contribution in [0.4, 0.5) is 5.69 Å². The normalized spacial score (nSPS) is 14.4. The molecule has 3 heterocycles. The van der Waals surface area contributed by atoms with Crippen molar-refractivity contribution in [3.8, 4) is 5.75 Å². The number of rotatable bonds is 6. The number of halogens is 1. The molecule has 4 aromatic rings. The van der Waals surface area contributed by atoms with E-state index in [0.29, 0.717) is 41.7 Å². The van der Waals surface area contributed by atoms with Gasteiger partial charge in [0.2, 0.25) is 0 Å². The maximum atomic E-state index is 14.3. The molecule has 1 aliphatic carbocycles. The minimum atomic E-state index is -0.207. The molecule has 0 unspecified atom stereocenters. The lowest BCUT2D eigenvalue weighted by Gasteiger charge is -2.24. The Hall–Kier alpha value is -4.36. The van der Waals surface area contributed by atoms with E-state index in [1.165, 1.54) is 12.0 Å². The van der Waals surface area contributed by atoms with Gasteiger partial charge in [-0.1, -0.05) is 41.9 Å². The SMILES string of the molecule is COc1cc(C2=CCCCC2)c(Cl)cc1C(=O)N1Cc2ccc(C(=O)N(C)Cc3cccnc3)n2Cc2ccccc21. The Labute approximate surface area is 251 Å². The van der Waals surface area contributed by atoms with Crippen molar-refractivity contribution < 1.29 is 14.3 Å². The first-order chi connectivity index (χ1) is 20.4. The molecule has 2 amide bonds. The standard InChI is InChI=1S/C34H33ClN4O3/c1-37(20-23-9-8-16-36-19-23)34(41)31-15-14-26-22-39(30-13-7-6-12-25(30)21-38(26)31)33(40)28-17-29(35)27(18-32(28)42-2)24-10-4-3-5-11-24/h6-10,12-19H,3-5,11,20-22H2,1-2H3. The Bertz CT molecular complexity index is 1680. The number of carbonyl (C=O) groups is 2. The molecule has 0 bridgehead atoms. The van der Waals surface area contributed by atoms with Crippen LogP contribution in [-0.2, 0) is 19.6 Å². The summed E-state index contributed by atoms with van der Waals surface area (Å²) in [7, 11) is 3.37. The van der Waals surface area contributed by atoms with Crippen molar-refractivity contribution >= 4 is 34.7 Å². The summed E-state index contributed by atoms with van der Waals surface area (Å²) in [5.41, 5.74) is 6.67. The Morgan fingerprint density at radius 2 is 1.90 bits per heavy atom. The molecule has 1 aliphatic heterocycles. The van der Waals surface area contributed by atoms with Gasteiger partial charge in [0.1, 0.15) is 11.4 Å². The average Bonchev–Trinajstić information content (AvgIpc) is 3.33. The van der Waals surface area contributed by atoms with Crippen LogP contribution in [0.15, 0.2) is 79.1 Å². The Morgan fingerprint density at radius 1 is 1.05 bits per heavy atom. The Morgan fingerprint density at radius 3 is 2.67 bits per heavy atom. The second-order valence-corrected chi connectivity index (χ2v) is 11.3. The van der Waals surface area contributed by atoms with Gasteiger partial charge in [-0.25, -0.2) is 0 Å². The summed E-state index contributed by atoms with van der Waals surface area (Å²) in [5.74, 6) is 0.195. The number of benzene rings is 2. The summed E-state index contributed by atoms with van der Waals surface area (Å²) in [6, 6.07) is 19.1. The lowest BCUT2D eigenvalue weighted by molar-refractivity contribution is 0.0774. The number of allylic oxidation sites excluding steroid dienone is 2. The third-order valence-corrected chi connectivity index (χ3v) is 8.42. The minimum Gasteiger partial charge on any atom is -0.496 e. The fourth-order valence-electron chi connectivity index (χ4n) is 5.92. The molecule has 6 rings (SSSR count). The van der Waals surface area contributed by atoms with E-state index >= 15 is 0 Å². The summed E-state index contributed by atoms with van der Waals surface area (Å²) in [6.45, 7) is 1.21. The highest BCUT2D eigenvalue weighted by Gasteiger charge is 2.30. The van der Waals surface area contributed by atoms with Crippen LogP contribution in [0.3, 0.4) is 0 Å². The molecule has 2 aromatic heterocycles. The summed E-state index contributed by atoms with van der Waals surface area (Å²) in [6.07, 6.45) is 10.0. The van der Waals surface area contributed by atoms with E-state index in [1.54, 1.807) is 42.4 Å². The van der Waals surface area contributed by atoms with Crippen molar-refractivity contribution in [2.24, 2.45) is 0 Å². The number of hydrogen-bond donors (Lipinski definition) is 0. The van der Waals surface area contributed by atoms with Gasteiger partial charge in [0.25, 0.3) is 11.8 Å². The number of methoxy groups -OCH3 is 1. The number of carbonyl (C=O) groups excluding carboxylic acids is 2. The first-order valence-corrected chi connectivity index (χ1v) is 14.6. The molecule has 214 valence electrons. The first-order valence-electron chi connectivity index (χ1n) is 14.2. The van der Waals surface area contributed by atoms with Crippen LogP contribution in [0.1, 0.15) is 68.9 Å². The van der Waals surface area contributed by atoms with Gasteiger partial charge in [0.05, 0.1) is 25.8 Å². The van der Waals surface area contributed by atoms with E-state index in [9.17, 15) is 9.59 Å². The highest BCUT2D eigenvalue weighted by molar-refractivity contribution is 6.33. The van der Waals surface area contributed by atoms with Gasteiger partial charge in [-0.2, -0.15) is 0 Å². The largest absolute Gasteiger partial charge is 0.496 e. The number of ether oxygens (including phenoxy) is 1. The number of amides is 2. The number of aromatic nitrogens is 2. The molecular formula is C34H33ClN4O3. The van der Waals surface area contributed by atoms with E-state index < -0.39 is 0 Å². The Kier molecular flexibility index (Phi) is 7.85. The van der Waals surface area contributed by atoms with Gasteiger partial charge >= 0.3 is 0 Å². The zero-order valence-corrected chi connectivity index (χ0v) is 24.6. The van der Waals surface area contributed by atoms with Gasteiger partial charge < -0.3 is 19.1 Å². The third-order valence-electron chi connectivity index (χ3n) is 8.11. The van der Waals surface area contributed by atoms with Crippen molar-refractivity contribution in [2.75, 3.05) is 19.1 Å². The van der Waals surface area contributed by atoms with Crippen molar-refractivity contribution in [1.82, 2.24) is 14.5 Å². The van der Waals surface area contributed by atoms with Crippen LogP contribution in [0, 0.1) is 0 Å². The molecule has 0 fully saturated rings. The molecule has 7 nitrogen and oxygen atoms in total. The lowest BCUT2D eigenvalue weighted by Crippen LogP contribution is -2.31. The maximum absolute atomic E-state index is 14.3. The van der Waals surface area contributed by atoms with Crippen LogP contribution in [0.2, 0.25) is 5.02 Å². The number of fused-ring (bicyclic) bond motifs is 2. The van der Waals surface area contributed by atoms with E-state index in [-0.39, 0.29) is 11.8 Å². The summed E-state index contributed by atoms with van der Waals surface area (Å²) < 4.78 is 7.76. The molecule has 42 heavy (non-hydrogen) atoms. The summed E-state index contributed by atoms with van der Waals surface area (Å²) in [4.78, 5) is 35.5. The van der Waals surface area contributed by atoms with Crippen LogP contribution in [-0.4, -0.2) is 40.4 Å². The van der Waals surface area contributed by atoms with E-state index in [2.05, 4.69) is 11.1 Å². The van der Waals surface area contributed by atoms with Crippen molar-refractivity contribution in [3.05, 3.63) is 118 Å². The van der Waals surface area contributed by atoms with Crippen molar-refractivity contribution in [3.63, 3.8) is 0 Å². The summed E-state index contributed by atoms with van der Waals surface area (Å²) in [5, 5.41) is 0.545. The van der Waals surface area contributed by atoms with Crippen LogP contribution in [0.5, 0.6) is 5.75 Å². The number of anilines is 1. The molecule has 0 saturated heterocycles.